The Bertz CT molecular complexity index is 365. The van der Waals surface area contributed by atoms with Crippen molar-refractivity contribution in [3.63, 3.8) is 0 Å². The number of carbonyl (C=O) groups excluding carboxylic acids is 1. The Hall–Kier alpha value is -1.38. The van der Waals surface area contributed by atoms with E-state index < -0.39 is 24.5 Å². The SMILES string of the molecule is CCCN1CN([C@H]2C[C@H](O)[C@@H](CO)O2)C(=O)NC1=N. The minimum atomic E-state index is -0.774. The van der Waals surface area contributed by atoms with E-state index in [2.05, 4.69) is 5.32 Å². The Kier molecular flexibility index (Phi) is 4.23. The third-order valence-corrected chi connectivity index (χ3v) is 3.35. The van der Waals surface area contributed by atoms with Crippen LogP contribution in [0, 0.1) is 5.41 Å². The fourth-order valence-corrected chi connectivity index (χ4v) is 2.32. The first-order chi connectivity index (χ1) is 9.06. The molecule has 8 nitrogen and oxygen atoms in total. The van der Waals surface area contributed by atoms with Crippen LogP contribution >= 0.6 is 0 Å². The molecule has 2 amide bonds. The minimum Gasteiger partial charge on any atom is -0.394 e. The van der Waals surface area contributed by atoms with Crippen LogP contribution in [0.15, 0.2) is 0 Å². The van der Waals surface area contributed by atoms with E-state index in [1.165, 1.54) is 4.90 Å². The van der Waals surface area contributed by atoms with Gasteiger partial charge in [-0.05, 0) is 6.42 Å². The second kappa shape index (κ2) is 5.72. The van der Waals surface area contributed by atoms with Crippen molar-refractivity contribution in [1.29, 1.82) is 5.41 Å². The van der Waals surface area contributed by atoms with E-state index in [1.807, 2.05) is 6.92 Å². The van der Waals surface area contributed by atoms with Crippen molar-refractivity contribution >= 4 is 12.0 Å². The van der Waals surface area contributed by atoms with Crippen molar-refractivity contribution in [2.75, 3.05) is 19.8 Å². The van der Waals surface area contributed by atoms with E-state index >= 15 is 0 Å². The van der Waals surface area contributed by atoms with Crippen molar-refractivity contribution in [2.45, 2.75) is 38.2 Å². The van der Waals surface area contributed by atoms with Gasteiger partial charge >= 0.3 is 6.03 Å². The Morgan fingerprint density at radius 1 is 1.58 bits per heavy atom. The molecule has 2 fully saturated rings. The van der Waals surface area contributed by atoms with Crippen LogP contribution < -0.4 is 5.32 Å². The zero-order valence-corrected chi connectivity index (χ0v) is 10.9. The third-order valence-electron chi connectivity index (χ3n) is 3.35. The highest BCUT2D eigenvalue weighted by Crippen LogP contribution is 2.24. The van der Waals surface area contributed by atoms with Crippen LogP contribution in [0.4, 0.5) is 4.79 Å². The monoisotopic (exact) mass is 272 g/mol. The van der Waals surface area contributed by atoms with Gasteiger partial charge in [0.2, 0.25) is 5.96 Å². The van der Waals surface area contributed by atoms with Crippen LogP contribution in [0.3, 0.4) is 0 Å². The number of guanidine groups is 1. The molecule has 0 aromatic heterocycles. The summed E-state index contributed by atoms with van der Waals surface area (Å²) < 4.78 is 5.46. The molecule has 19 heavy (non-hydrogen) atoms. The first kappa shape index (κ1) is 14.0. The van der Waals surface area contributed by atoms with Gasteiger partial charge in [-0.15, -0.1) is 0 Å². The summed E-state index contributed by atoms with van der Waals surface area (Å²) in [5, 5.41) is 28.9. The van der Waals surface area contributed by atoms with Crippen molar-refractivity contribution in [1.82, 2.24) is 15.1 Å². The Morgan fingerprint density at radius 2 is 2.32 bits per heavy atom. The maximum absolute atomic E-state index is 11.9. The van der Waals surface area contributed by atoms with Crippen molar-refractivity contribution in [3.8, 4) is 0 Å². The average Bonchev–Trinajstić information content (AvgIpc) is 2.74. The quantitative estimate of drug-likeness (QED) is 0.529. The van der Waals surface area contributed by atoms with E-state index in [1.54, 1.807) is 4.90 Å². The van der Waals surface area contributed by atoms with Gasteiger partial charge in [0, 0.05) is 13.0 Å². The van der Waals surface area contributed by atoms with Gasteiger partial charge in [0.15, 0.2) is 0 Å². The largest absolute Gasteiger partial charge is 0.394 e. The molecule has 2 aliphatic heterocycles. The fraction of sp³-hybridized carbons (Fsp3) is 0.818. The average molecular weight is 272 g/mol. The summed E-state index contributed by atoms with van der Waals surface area (Å²) in [7, 11) is 0. The highest BCUT2D eigenvalue weighted by atomic mass is 16.5. The highest BCUT2D eigenvalue weighted by molar-refractivity contribution is 5.96. The molecule has 2 heterocycles. The molecule has 0 saturated carbocycles. The smallest absolute Gasteiger partial charge is 0.327 e. The molecule has 3 atom stereocenters. The lowest BCUT2D eigenvalue weighted by Crippen LogP contribution is -2.62. The van der Waals surface area contributed by atoms with Crippen molar-refractivity contribution < 1.29 is 19.7 Å². The summed E-state index contributed by atoms with van der Waals surface area (Å²) in [5.41, 5.74) is 0. The van der Waals surface area contributed by atoms with E-state index in [0.717, 1.165) is 6.42 Å². The van der Waals surface area contributed by atoms with Crippen molar-refractivity contribution in [3.05, 3.63) is 0 Å². The van der Waals surface area contributed by atoms with Crippen LogP contribution in [0.25, 0.3) is 0 Å². The third kappa shape index (κ3) is 2.80. The highest BCUT2D eigenvalue weighted by Gasteiger charge is 2.41. The summed E-state index contributed by atoms with van der Waals surface area (Å²) in [4.78, 5) is 15.0. The lowest BCUT2D eigenvalue weighted by atomic mass is 10.2. The molecule has 0 spiro atoms. The number of amides is 2. The number of nitrogens with one attached hydrogen (secondary N) is 2. The summed E-state index contributed by atoms with van der Waals surface area (Å²) in [6.45, 7) is 2.63. The normalized spacial score (nSPS) is 31.8. The number of rotatable bonds is 4. The molecule has 0 bridgehead atoms. The molecule has 0 radical (unpaired) electrons. The molecular weight excluding hydrogens is 252 g/mol. The Labute approximate surface area is 111 Å². The summed E-state index contributed by atoms with van der Waals surface area (Å²) >= 11 is 0. The predicted molar refractivity (Wildman–Crippen MR) is 66.3 cm³/mol. The number of aliphatic hydroxyl groups excluding tert-OH is 2. The topological polar surface area (TPSA) is 109 Å². The van der Waals surface area contributed by atoms with Crippen LogP contribution in [0.1, 0.15) is 19.8 Å². The Balaban J connectivity index is 2.03. The molecular formula is C11H20N4O4. The van der Waals surface area contributed by atoms with Crippen LogP contribution in [0.2, 0.25) is 0 Å². The van der Waals surface area contributed by atoms with Gasteiger partial charge in [0.25, 0.3) is 0 Å². The van der Waals surface area contributed by atoms with Gasteiger partial charge in [0.05, 0.1) is 12.7 Å². The van der Waals surface area contributed by atoms with Gasteiger partial charge in [-0.2, -0.15) is 0 Å². The molecule has 2 aliphatic rings. The molecule has 8 heteroatoms. The maximum Gasteiger partial charge on any atom is 0.327 e. The summed E-state index contributed by atoms with van der Waals surface area (Å²) in [6, 6.07) is -0.409. The summed E-state index contributed by atoms with van der Waals surface area (Å²) in [6.07, 6.45) is -0.868. The lowest BCUT2D eigenvalue weighted by molar-refractivity contribution is -0.0731. The number of hydrogen-bond donors (Lipinski definition) is 4. The second-order valence-electron chi connectivity index (χ2n) is 4.77. The minimum absolute atomic E-state index is 0.0837. The first-order valence-corrected chi connectivity index (χ1v) is 6.42. The molecule has 0 aliphatic carbocycles. The fourth-order valence-electron chi connectivity index (χ4n) is 2.32. The Morgan fingerprint density at radius 3 is 2.89 bits per heavy atom. The molecule has 4 N–H and O–H groups in total. The van der Waals surface area contributed by atoms with Gasteiger partial charge in [0.1, 0.15) is 19.0 Å². The van der Waals surface area contributed by atoms with E-state index in [-0.39, 0.29) is 25.7 Å². The number of urea groups is 1. The standard InChI is InChI=1S/C11H20N4O4/c1-2-3-14-6-15(11(18)13-10(14)12)9-4-7(17)8(5-16)19-9/h7-9,16-17H,2-6H2,1H3,(H2,12,13,18)/t7-,8+,9+/m0/s1. The second-order valence-corrected chi connectivity index (χ2v) is 4.77. The van der Waals surface area contributed by atoms with Gasteiger partial charge in [-0.1, -0.05) is 6.92 Å². The zero-order chi connectivity index (χ0) is 14.0. The number of carbonyl (C=O) groups is 1. The molecule has 108 valence electrons. The van der Waals surface area contributed by atoms with Crippen molar-refractivity contribution in [2.24, 2.45) is 0 Å². The zero-order valence-electron chi connectivity index (χ0n) is 10.9. The molecule has 2 rings (SSSR count). The number of hydrogen-bond acceptors (Lipinski definition) is 5. The van der Waals surface area contributed by atoms with E-state index in [9.17, 15) is 9.90 Å². The van der Waals surface area contributed by atoms with Crippen LogP contribution in [-0.2, 0) is 4.74 Å². The number of ether oxygens (including phenoxy) is 1. The maximum atomic E-state index is 11.9. The number of aliphatic hydroxyl groups is 2. The molecule has 0 unspecified atom stereocenters. The van der Waals surface area contributed by atoms with Gasteiger partial charge < -0.3 is 19.8 Å². The molecule has 0 aromatic carbocycles. The predicted octanol–water partition coefficient (Wildman–Crippen LogP) is -0.916. The molecule has 2 saturated heterocycles. The first-order valence-electron chi connectivity index (χ1n) is 6.42. The van der Waals surface area contributed by atoms with E-state index in [4.69, 9.17) is 15.3 Å². The lowest BCUT2D eigenvalue weighted by Gasteiger charge is -2.39. The van der Waals surface area contributed by atoms with Gasteiger partial charge in [-0.25, -0.2) is 4.79 Å². The summed E-state index contributed by atoms with van der Waals surface area (Å²) in [5.74, 6) is 0.0837. The van der Waals surface area contributed by atoms with Crippen LogP contribution in [-0.4, -0.2) is 70.3 Å². The van der Waals surface area contributed by atoms with E-state index in [0.29, 0.717) is 6.54 Å². The van der Waals surface area contributed by atoms with Crippen LogP contribution in [0.5, 0.6) is 0 Å². The van der Waals surface area contributed by atoms with Gasteiger partial charge in [-0.3, -0.25) is 15.6 Å². The number of nitrogens with zero attached hydrogens (tertiary/aromatic N) is 2. The molecule has 0 aromatic rings.